The van der Waals surface area contributed by atoms with Gasteiger partial charge in [-0.15, -0.1) is 35.3 Å². The van der Waals surface area contributed by atoms with Crippen LogP contribution in [0.3, 0.4) is 0 Å². The minimum Gasteiger partial charge on any atom is -0.355 e. The maximum atomic E-state index is 4.43. The number of rotatable bonds is 5. The summed E-state index contributed by atoms with van der Waals surface area (Å²) in [5.41, 5.74) is 1.11. The lowest BCUT2D eigenvalue weighted by Crippen LogP contribution is -2.42. The first-order valence-electron chi connectivity index (χ1n) is 6.30. The molecule has 0 aromatic carbocycles. The molecule has 2 N–H and O–H groups in total. The van der Waals surface area contributed by atoms with Crippen molar-refractivity contribution in [3.05, 3.63) is 15.6 Å². The van der Waals surface area contributed by atoms with E-state index in [0.717, 1.165) is 29.8 Å². The van der Waals surface area contributed by atoms with Gasteiger partial charge in [0.15, 0.2) is 5.96 Å². The number of nitrogens with one attached hydrogen (secondary N) is 2. The van der Waals surface area contributed by atoms with Crippen LogP contribution in [0.15, 0.2) is 4.99 Å². The van der Waals surface area contributed by atoms with Crippen LogP contribution in [-0.4, -0.2) is 35.5 Å². The first-order chi connectivity index (χ1) is 8.88. The van der Waals surface area contributed by atoms with E-state index in [1.807, 2.05) is 25.6 Å². The fraction of sp³-hybridized carbons (Fsp3) is 0.692. The van der Waals surface area contributed by atoms with Gasteiger partial charge in [0.1, 0.15) is 0 Å². The highest BCUT2D eigenvalue weighted by Gasteiger charge is 2.16. The third-order valence-electron chi connectivity index (χ3n) is 2.87. The standard InChI is InChI=1S/C13H24N4S2.HI/c1-9-11(19-10(2)17-9)7-15-12(14-5)16-8-13(3,4)18-6;/h7-8H2,1-6H3,(H2,14,15,16);1H. The second kappa shape index (κ2) is 9.09. The third kappa shape index (κ3) is 6.62. The largest absolute Gasteiger partial charge is 0.355 e. The van der Waals surface area contributed by atoms with Gasteiger partial charge in [-0.25, -0.2) is 4.98 Å². The molecule has 0 radical (unpaired) electrons. The molecule has 1 aromatic heterocycles. The highest BCUT2D eigenvalue weighted by atomic mass is 127. The van der Waals surface area contributed by atoms with E-state index in [-0.39, 0.29) is 28.7 Å². The molecular weight excluding hydrogens is 403 g/mol. The van der Waals surface area contributed by atoms with Gasteiger partial charge in [-0.3, -0.25) is 4.99 Å². The number of aromatic nitrogens is 1. The van der Waals surface area contributed by atoms with Crippen molar-refractivity contribution < 1.29 is 0 Å². The normalized spacial score (nSPS) is 12.0. The number of thiazole rings is 1. The molecule has 0 spiro atoms. The molecule has 116 valence electrons. The maximum absolute atomic E-state index is 4.43. The van der Waals surface area contributed by atoms with Gasteiger partial charge in [-0.2, -0.15) is 11.8 Å². The maximum Gasteiger partial charge on any atom is 0.191 e. The molecule has 0 aliphatic rings. The van der Waals surface area contributed by atoms with E-state index < -0.39 is 0 Å². The van der Waals surface area contributed by atoms with Crippen molar-refractivity contribution in [2.75, 3.05) is 19.8 Å². The van der Waals surface area contributed by atoms with Crippen LogP contribution in [0.5, 0.6) is 0 Å². The predicted molar refractivity (Wildman–Crippen MR) is 103 cm³/mol. The van der Waals surface area contributed by atoms with E-state index in [1.54, 1.807) is 18.4 Å². The topological polar surface area (TPSA) is 49.3 Å². The Morgan fingerprint density at radius 1 is 1.35 bits per heavy atom. The lowest BCUT2D eigenvalue weighted by molar-refractivity contribution is 0.664. The summed E-state index contributed by atoms with van der Waals surface area (Å²) in [4.78, 5) is 9.94. The minimum atomic E-state index is 0. The number of aryl methyl sites for hydroxylation is 2. The summed E-state index contributed by atoms with van der Waals surface area (Å²) in [6, 6.07) is 0. The summed E-state index contributed by atoms with van der Waals surface area (Å²) in [5, 5.41) is 7.81. The number of nitrogens with zero attached hydrogens (tertiary/aromatic N) is 2. The SMILES string of the molecule is CN=C(NCc1sc(C)nc1C)NCC(C)(C)SC.I. The zero-order chi connectivity index (χ0) is 14.5. The zero-order valence-corrected chi connectivity index (χ0v) is 17.0. The van der Waals surface area contributed by atoms with Gasteiger partial charge in [0.25, 0.3) is 0 Å². The molecule has 1 rings (SSSR count). The smallest absolute Gasteiger partial charge is 0.191 e. The Hall–Kier alpha value is -0.0200. The monoisotopic (exact) mass is 428 g/mol. The van der Waals surface area contributed by atoms with E-state index >= 15 is 0 Å². The van der Waals surface area contributed by atoms with Crippen LogP contribution in [0.4, 0.5) is 0 Å². The molecule has 0 aliphatic carbocycles. The summed E-state index contributed by atoms with van der Waals surface area (Å²) < 4.78 is 0.203. The molecule has 0 saturated carbocycles. The number of halogens is 1. The number of thioether (sulfide) groups is 1. The Labute approximate surface area is 147 Å². The average molecular weight is 428 g/mol. The predicted octanol–water partition coefficient (Wildman–Crippen LogP) is 3.18. The van der Waals surface area contributed by atoms with Gasteiger partial charge < -0.3 is 10.6 Å². The van der Waals surface area contributed by atoms with Gasteiger partial charge in [-0.05, 0) is 34.0 Å². The van der Waals surface area contributed by atoms with Gasteiger partial charge in [0, 0.05) is 23.2 Å². The van der Waals surface area contributed by atoms with Crippen LogP contribution in [0.2, 0.25) is 0 Å². The Morgan fingerprint density at radius 3 is 2.45 bits per heavy atom. The molecule has 0 fully saturated rings. The van der Waals surface area contributed by atoms with Crippen LogP contribution >= 0.6 is 47.1 Å². The zero-order valence-electron chi connectivity index (χ0n) is 13.0. The Balaban J connectivity index is 0.00000361. The summed E-state index contributed by atoms with van der Waals surface area (Å²) in [5.74, 6) is 0.840. The molecule has 1 heterocycles. The van der Waals surface area contributed by atoms with E-state index in [9.17, 15) is 0 Å². The number of hydrogen-bond donors (Lipinski definition) is 2. The van der Waals surface area contributed by atoms with Crippen LogP contribution in [0.1, 0.15) is 29.4 Å². The summed E-state index contributed by atoms with van der Waals surface area (Å²) in [6.45, 7) is 10.2. The molecule has 0 bridgehead atoms. The van der Waals surface area contributed by atoms with Gasteiger partial charge in [-0.1, -0.05) is 0 Å². The summed E-state index contributed by atoms with van der Waals surface area (Å²) in [6.07, 6.45) is 2.13. The average Bonchev–Trinajstić information content (AvgIpc) is 2.68. The van der Waals surface area contributed by atoms with Crippen molar-refractivity contribution in [1.29, 1.82) is 0 Å². The fourth-order valence-electron chi connectivity index (χ4n) is 1.49. The first kappa shape index (κ1) is 20.0. The molecule has 0 atom stereocenters. The molecule has 0 amide bonds. The molecule has 0 saturated heterocycles. The quantitative estimate of drug-likeness (QED) is 0.430. The Bertz CT molecular complexity index is 444. The summed E-state index contributed by atoms with van der Waals surface area (Å²) >= 11 is 3.58. The van der Waals surface area contributed by atoms with Crippen molar-refractivity contribution in [2.24, 2.45) is 4.99 Å². The van der Waals surface area contributed by atoms with E-state index in [0.29, 0.717) is 0 Å². The molecule has 20 heavy (non-hydrogen) atoms. The van der Waals surface area contributed by atoms with Crippen LogP contribution in [-0.2, 0) is 6.54 Å². The van der Waals surface area contributed by atoms with E-state index in [1.165, 1.54) is 4.88 Å². The molecular formula is C13H25IN4S2. The number of guanidine groups is 1. The number of hydrogen-bond acceptors (Lipinski definition) is 4. The Morgan fingerprint density at radius 2 is 2.00 bits per heavy atom. The van der Waals surface area contributed by atoms with Gasteiger partial charge in [0.05, 0.1) is 17.2 Å². The molecule has 0 unspecified atom stereocenters. The van der Waals surface area contributed by atoms with Crippen molar-refractivity contribution in [3.63, 3.8) is 0 Å². The minimum absolute atomic E-state index is 0. The van der Waals surface area contributed by atoms with E-state index in [2.05, 4.69) is 40.7 Å². The van der Waals surface area contributed by atoms with Crippen molar-refractivity contribution in [1.82, 2.24) is 15.6 Å². The molecule has 7 heteroatoms. The first-order valence-corrected chi connectivity index (χ1v) is 8.34. The Kier molecular flexibility index (Phi) is 9.08. The fourth-order valence-corrected chi connectivity index (χ4v) is 2.58. The van der Waals surface area contributed by atoms with Crippen molar-refractivity contribution in [2.45, 2.75) is 39.0 Å². The highest BCUT2D eigenvalue weighted by molar-refractivity contribution is 14.0. The lowest BCUT2D eigenvalue weighted by Gasteiger charge is -2.23. The van der Waals surface area contributed by atoms with Crippen molar-refractivity contribution in [3.8, 4) is 0 Å². The summed E-state index contributed by atoms with van der Waals surface area (Å²) in [7, 11) is 1.80. The number of aliphatic imine (C=N–C) groups is 1. The van der Waals surface area contributed by atoms with E-state index in [4.69, 9.17) is 0 Å². The molecule has 0 aliphatic heterocycles. The van der Waals surface area contributed by atoms with Crippen molar-refractivity contribution >= 4 is 53.0 Å². The second-order valence-electron chi connectivity index (χ2n) is 4.98. The van der Waals surface area contributed by atoms with Crippen LogP contribution < -0.4 is 10.6 Å². The molecule has 1 aromatic rings. The van der Waals surface area contributed by atoms with Crippen LogP contribution in [0, 0.1) is 13.8 Å². The van der Waals surface area contributed by atoms with Gasteiger partial charge >= 0.3 is 0 Å². The third-order valence-corrected chi connectivity index (χ3v) is 5.20. The van der Waals surface area contributed by atoms with Gasteiger partial charge in [0.2, 0.25) is 0 Å². The highest BCUT2D eigenvalue weighted by Crippen LogP contribution is 2.19. The lowest BCUT2D eigenvalue weighted by atomic mass is 10.2. The second-order valence-corrected chi connectivity index (χ2v) is 7.79. The van der Waals surface area contributed by atoms with Crippen LogP contribution in [0.25, 0.3) is 0 Å². The molecule has 4 nitrogen and oxygen atoms in total.